The number of hydrogen-bond donors (Lipinski definition) is 1. The maximum absolute atomic E-state index is 11.5. The molecule has 0 aromatic heterocycles. The molecule has 0 radical (unpaired) electrons. The number of nitrogens with zero attached hydrogens (tertiary/aromatic N) is 1. The molecule has 0 spiro atoms. The quantitative estimate of drug-likeness (QED) is 0.844. The van der Waals surface area contributed by atoms with Crippen LogP contribution in [0.1, 0.15) is 19.4 Å². The fraction of sp³-hybridized carbons (Fsp3) is 0.562. The Bertz CT molecular complexity index is 532. The number of hydrogen-bond acceptors (Lipinski definition) is 5. The van der Waals surface area contributed by atoms with Crippen LogP contribution in [-0.2, 0) is 20.7 Å². The third kappa shape index (κ3) is 2.81. The van der Waals surface area contributed by atoms with Crippen molar-refractivity contribution in [3.05, 3.63) is 29.8 Å². The summed E-state index contributed by atoms with van der Waals surface area (Å²) in [5.41, 5.74) is 8.43. The van der Waals surface area contributed by atoms with Gasteiger partial charge in [-0.15, -0.1) is 0 Å². The van der Waals surface area contributed by atoms with Gasteiger partial charge in [-0.05, 0) is 31.9 Å². The zero-order chi connectivity index (χ0) is 15.0. The Kier molecular flexibility index (Phi) is 3.73. The monoisotopic (exact) mass is 290 g/mol. The summed E-state index contributed by atoms with van der Waals surface area (Å²) >= 11 is 0. The van der Waals surface area contributed by atoms with Crippen molar-refractivity contribution in [1.29, 1.82) is 0 Å². The van der Waals surface area contributed by atoms with E-state index in [1.807, 2.05) is 32.0 Å². The van der Waals surface area contributed by atoms with E-state index in [1.54, 1.807) is 0 Å². The molecule has 1 saturated heterocycles. The van der Waals surface area contributed by atoms with Crippen molar-refractivity contribution in [1.82, 2.24) is 0 Å². The zero-order valence-electron chi connectivity index (χ0n) is 12.5. The van der Waals surface area contributed by atoms with Crippen LogP contribution in [0.25, 0.3) is 0 Å². The lowest BCUT2D eigenvalue weighted by Gasteiger charge is -2.40. The first-order valence-electron chi connectivity index (χ1n) is 7.37. The van der Waals surface area contributed by atoms with Gasteiger partial charge in [0.05, 0.1) is 6.61 Å². The third-order valence-corrected chi connectivity index (χ3v) is 4.16. The Labute approximate surface area is 125 Å². The third-order valence-electron chi connectivity index (χ3n) is 4.16. The van der Waals surface area contributed by atoms with Crippen molar-refractivity contribution in [3.8, 4) is 0 Å². The number of fused-ring (bicyclic) bond motifs is 1. The van der Waals surface area contributed by atoms with E-state index in [2.05, 4.69) is 11.0 Å². The number of benzene rings is 1. The molecular formula is C16H22N2O3. The minimum atomic E-state index is -0.557. The Balaban J connectivity index is 1.85. The van der Waals surface area contributed by atoms with Crippen molar-refractivity contribution >= 4 is 12.0 Å². The summed E-state index contributed by atoms with van der Waals surface area (Å²) in [5.74, 6) is -0.557. The first-order chi connectivity index (χ1) is 10.00. The van der Waals surface area contributed by atoms with Gasteiger partial charge in [0.1, 0.15) is 18.4 Å². The lowest BCUT2D eigenvalue weighted by molar-refractivity contribution is -0.137. The van der Waals surface area contributed by atoms with Crippen LogP contribution in [0.15, 0.2) is 24.3 Å². The molecule has 0 bridgehead atoms. The van der Waals surface area contributed by atoms with E-state index in [1.165, 1.54) is 5.56 Å². The van der Waals surface area contributed by atoms with E-state index in [4.69, 9.17) is 15.2 Å². The molecule has 1 aromatic carbocycles. The first kappa shape index (κ1) is 14.5. The number of carbonyl (C=O) groups is 1. The normalized spacial score (nSPS) is 31.0. The highest BCUT2D eigenvalue weighted by Crippen LogP contribution is 2.31. The summed E-state index contributed by atoms with van der Waals surface area (Å²) in [4.78, 5) is 13.6. The molecule has 2 N–H and O–H groups in total. The van der Waals surface area contributed by atoms with Gasteiger partial charge in [0, 0.05) is 18.3 Å². The smallest absolute Gasteiger partial charge is 0.163 e. The van der Waals surface area contributed by atoms with Crippen LogP contribution in [0.2, 0.25) is 0 Å². The predicted molar refractivity (Wildman–Crippen MR) is 80.2 cm³/mol. The maximum atomic E-state index is 11.5. The molecule has 0 saturated carbocycles. The molecule has 0 amide bonds. The average molecular weight is 290 g/mol. The molecule has 2 aliphatic heterocycles. The minimum absolute atomic E-state index is 0.0548. The summed E-state index contributed by atoms with van der Waals surface area (Å²) in [5, 5.41) is 0. The number of carbonyl (C=O) groups excluding carboxylic acids is 1. The van der Waals surface area contributed by atoms with Crippen molar-refractivity contribution in [2.45, 2.75) is 44.2 Å². The number of anilines is 1. The molecule has 21 heavy (non-hydrogen) atoms. The number of rotatable bonds is 3. The summed E-state index contributed by atoms with van der Waals surface area (Å²) < 4.78 is 11.5. The zero-order valence-corrected chi connectivity index (χ0v) is 12.5. The lowest BCUT2D eigenvalue weighted by Crippen LogP contribution is -2.55. The Morgan fingerprint density at radius 2 is 2.19 bits per heavy atom. The summed E-state index contributed by atoms with van der Waals surface area (Å²) in [6.45, 7) is 4.95. The Morgan fingerprint density at radius 1 is 1.43 bits per heavy atom. The van der Waals surface area contributed by atoms with Crippen LogP contribution in [0, 0.1) is 0 Å². The van der Waals surface area contributed by atoms with Gasteiger partial charge in [0.2, 0.25) is 0 Å². The molecule has 1 aromatic rings. The van der Waals surface area contributed by atoms with E-state index < -0.39 is 5.79 Å². The molecule has 114 valence electrons. The van der Waals surface area contributed by atoms with Crippen LogP contribution >= 0.6 is 0 Å². The highest BCUT2D eigenvalue weighted by Gasteiger charge is 2.38. The van der Waals surface area contributed by atoms with Crippen LogP contribution in [0.3, 0.4) is 0 Å². The molecular weight excluding hydrogens is 268 g/mol. The molecule has 5 nitrogen and oxygen atoms in total. The highest BCUT2D eigenvalue weighted by atomic mass is 16.7. The number of ether oxygens (including phenoxy) is 2. The molecule has 0 aliphatic carbocycles. The van der Waals surface area contributed by atoms with Crippen molar-refractivity contribution < 1.29 is 14.3 Å². The van der Waals surface area contributed by atoms with Crippen molar-refractivity contribution in [2.24, 2.45) is 5.73 Å². The van der Waals surface area contributed by atoms with Crippen molar-refractivity contribution in [2.75, 3.05) is 18.1 Å². The first-order valence-corrected chi connectivity index (χ1v) is 7.37. The second kappa shape index (κ2) is 5.40. The fourth-order valence-electron chi connectivity index (χ4n) is 3.20. The predicted octanol–water partition coefficient (Wildman–Crippen LogP) is 1.10. The largest absolute Gasteiger partial charge is 0.357 e. The second-order valence-electron chi connectivity index (χ2n) is 6.23. The maximum Gasteiger partial charge on any atom is 0.163 e. The van der Waals surface area contributed by atoms with E-state index in [0.717, 1.165) is 18.4 Å². The van der Waals surface area contributed by atoms with Crippen LogP contribution in [0.4, 0.5) is 5.69 Å². The van der Waals surface area contributed by atoms with Gasteiger partial charge in [0.15, 0.2) is 5.79 Å². The fourth-order valence-corrected chi connectivity index (χ4v) is 3.20. The molecule has 1 fully saturated rings. The van der Waals surface area contributed by atoms with E-state index >= 15 is 0 Å². The average Bonchev–Trinajstić information content (AvgIpc) is 2.78. The van der Waals surface area contributed by atoms with E-state index in [9.17, 15) is 4.79 Å². The Morgan fingerprint density at radius 3 is 2.86 bits per heavy atom. The SMILES string of the molecule is CC1(C)OC[C@@H](CN2c3ccccc3CC(N)C2C=O)O1. The van der Waals surface area contributed by atoms with E-state index in [-0.39, 0.29) is 18.2 Å². The highest BCUT2D eigenvalue weighted by molar-refractivity contribution is 5.71. The lowest BCUT2D eigenvalue weighted by atomic mass is 9.92. The van der Waals surface area contributed by atoms with Crippen LogP contribution in [-0.4, -0.2) is 43.4 Å². The summed E-state index contributed by atoms with van der Waals surface area (Å²) in [6.07, 6.45) is 1.62. The number of para-hydroxylation sites is 1. The van der Waals surface area contributed by atoms with Gasteiger partial charge in [-0.1, -0.05) is 18.2 Å². The van der Waals surface area contributed by atoms with Gasteiger partial charge < -0.3 is 24.9 Å². The van der Waals surface area contributed by atoms with Crippen LogP contribution < -0.4 is 10.6 Å². The molecule has 3 rings (SSSR count). The van der Waals surface area contributed by atoms with Crippen molar-refractivity contribution in [3.63, 3.8) is 0 Å². The number of aldehydes is 1. The van der Waals surface area contributed by atoms with Crippen LogP contribution in [0.5, 0.6) is 0 Å². The van der Waals surface area contributed by atoms with Gasteiger partial charge in [-0.3, -0.25) is 0 Å². The number of nitrogens with two attached hydrogens (primary N) is 1. The van der Waals surface area contributed by atoms with Gasteiger partial charge in [0.25, 0.3) is 0 Å². The molecule has 3 atom stereocenters. The summed E-state index contributed by atoms with van der Waals surface area (Å²) in [7, 11) is 0. The molecule has 2 unspecified atom stereocenters. The minimum Gasteiger partial charge on any atom is -0.357 e. The van der Waals surface area contributed by atoms with Gasteiger partial charge in [-0.25, -0.2) is 0 Å². The molecule has 5 heteroatoms. The topological polar surface area (TPSA) is 64.8 Å². The standard InChI is InChI=1S/C16H22N2O3/c1-16(2)20-10-12(21-16)8-18-14-6-4-3-5-11(14)7-13(17)15(18)9-19/h3-6,9,12-13,15H,7-8,10,17H2,1-2H3/t12-,13?,15?/m1/s1. The molecule has 2 heterocycles. The summed E-state index contributed by atoms with van der Waals surface area (Å²) in [6, 6.07) is 7.60. The van der Waals surface area contributed by atoms with Gasteiger partial charge >= 0.3 is 0 Å². The second-order valence-corrected chi connectivity index (χ2v) is 6.23. The van der Waals surface area contributed by atoms with E-state index in [0.29, 0.717) is 13.2 Å². The van der Waals surface area contributed by atoms with Gasteiger partial charge in [-0.2, -0.15) is 0 Å². The Hall–Kier alpha value is -1.43. The molecule has 2 aliphatic rings.